The number of hydrogen-bond acceptors (Lipinski definition) is 4. The van der Waals surface area contributed by atoms with Crippen LogP contribution in [0.1, 0.15) is 11.3 Å². The average molecular weight is 201 g/mol. The van der Waals surface area contributed by atoms with E-state index in [0.717, 1.165) is 11.8 Å². The summed E-state index contributed by atoms with van der Waals surface area (Å²) in [4.78, 5) is 3.99. The van der Waals surface area contributed by atoms with Crippen molar-refractivity contribution in [1.29, 1.82) is 0 Å². The number of pyridine rings is 1. The zero-order chi connectivity index (χ0) is 9.90. The summed E-state index contributed by atoms with van der Waals surface area (Å²) in [5, 5.41) is 0. The van der Waals surface area contributed by atoms with Gasteiger partial charge in [-0.15, -0.1) is 0 Å². The van der Waals surface area contributed by atoms with Gasteiger partial charge in [-0.25, -0.2) is 0 Å². The highest BCUT2D eigenvalue weighted by atomic mass is 32.2. The molecule has 1 rings (SSSR count). The molecular weight excluding hydrogens is 190 g/mol. The minimum atomic E-state index is -3.37. The number of aromatic nitrogens is 1. The lowest BCUT2D eigenvalue weighted by atomic mass is 10.3. The van der Waals surface area contributed by atoms with Crippen LogP contribution in [0.5, 0.6) is 0 Å². The molecule has 0 fully saturated rings. The Kier molecular flexibility index (Phi) is 3.00. The summed E-state index contributed by atoms with van der Waals surface area (Å²) in [5.74, 6) is 0. The van der Waals surface area contributed by atoms with Crippen LogP contribution in [-0.4, -0.2) is 19.7 Å². The minimum absolute atomic E-state index is 0.000880. The normalized spacial score (nSPS) is 11.5. The van der Waals surface area contributed by atoms with E-state index in [1.807, 2.05) is 13.0 Å². The Bertz CT molecular complexity index is 369. The molecule has 0 radical (unpaired) electrons. The van der Waals surface area contributed by atoms with E-state index in [2.05, 4.69) is 9.17 Å². The summed E-state index contributed by atoms with van der Waals surface area (Å²) in [6.07, 6.45) is 2.68. The summed E-state index contributed by atoms with van der Waals surface area (Å²) >= 11 is 0. The molecule has 1 aromatic rings. The van der Waals surface area contributed by atoms with Gasteiger partial charge in [0.1, 0.15) is 6.61 Å². The van der Waals surface area contributed by atoms with Crippen LogP contribution in [0.2, 0.25) is 0 Å². The molecule has 72 valence electrons. The second-order valence-electron chi connectivity index (χ2n) is 2.79. The molecule has 0 aliphatic rings. The molecule has 5 heteroatoms. The van der Waals surface area contributed by atoms with Crippen LogP contribution in [-0.2, 0) is 20.9 Å². The first kappa shape index (κ1) is 10.1. The fraction of sp³-hybridized carbons (Fsp3) is 0.375. The Labute approximate surface area is 77.7 Å². The van der Waals surface area contributed by atoms with Crippen LogP contribution in [0.4, 0.5) is 0 Å². The van der Waals surface area contributed by atoms with Gasteiger partial charge in [0.15, 0.2) is 0 Å². The van der Waals surface area contributed by atoms with Crippen molar-refractivity contribution in [2.24, 2.45) is 0 Å². The van der Waals surface area contributed by atoms with E-state index in [9.17, 15) is 8.42 Å². The molecule has 0 N–H and O–H groups in total. The number of rotatable bonds is 3. The molecule has 0 saturated heterocycles. The molecule has 0 spiro atoms. The Morgan fingerprint density at radius 3 is 2.62 bits per heavy atom. The van der Waals surface area contributed by atoms with Gasteiger partial charge in [-0.3, -0.25) is 9.17 Å². The van der Waals surface area contributed by atoms with Crippen LogP contribution in [0, 0.1) is 6.92 Å². The lowest BCUT2D eigenvalue weighted by Crippen LogP contribution is -2.03. The van der Waals surface area contributed by atoms with Crippen molar-refractivity contribution in [2.45, 2.75) is 13.5 Å². The Balaban J connectivity index is 2.61. The summed E-state index contributed by atoms with van der Waals surface area (Å²) in [7, 11) is -3.37. The molecule has 0 atom stereocenters. The van der Waals surface area contributed by atoms with E-state index >= 15 is 0 Å². The highest BCUT2D eigenvalue weighted by molar-refractivity contribution is 7.85. The van der Waals surface area contributed by atoms with Gasteiger partial charge in [0.25, 0.3) is 10.1 Å². The Morgan fingerprint density at radius 1 is 1.46 bits per heavy atom. The molecule has 0 bridgehead atoms. The van der Waals surface area contributed by atoms with Gasteiger partial charge >= 0.3 is 0 Å². The average Bonchev–Trinajstić information content (AvgIpc) is 2.02. The molecule has 0 amide bonds. The molecule has 0 aromatic carbocycles. The lowest BCUT2D eigenvalue weighted by molar-refractivity contribution is 0.307. The standard InChI is InChI=1S/C8H11NO3S/c1-7-3-4-8(9-5-7)6-12-13(2,10)11/h3-5H,6H2,1-2H3. The summed E-state index contributed by atoms with van der Waals surface area (Å²) in [6.45, 7) is 1.91. The van der Waals surface area contributed by atoms with Crippen molar-refractivity contribution in [3.05, 3.63) is 29.6 Å². The van der Waals surface area contributed by atoms with Gasteiger partial charge in [0.2, 0.25) is 0 Å². The third-order valence-corrected chi connectivity index (χ3v) is 1.94. The van der Waals surface area contributed by atoms with Gasteiger partial charge in [-0.05, 0) is 18.6 Å². The first-order chi connectivity index (χ1) is 5.97. The maximum Gasteiger partial charge on any atom is 0.264 e. The maximum atomic E-state index is 10.6. The van der Waals surface area contributed by atoms with E-state index in [1.54, 1.807) is 12.3 Å². The summed E-state index contributed by atoms with van der Waals surface area (Å²) in [6, 6.07) is 3.59. The molecule has 1 aromatic heterocycles. The monoisotopic (exact) mass is 201 g/mol. The van der Waals surface area contributed by atoms with E-state index in [-0.39, 0.29) is 6.61 Å². The molecular formula is C8H11NO3S. The second kappa shape index (κ2) is 3.85. The summed E-state index contributed by atoms with van der Waals surface area (Å²) < 4.78 is 25.8. The molecule has 4 nitrogen and oxygen atoms in total. The van der Waals surface area contributed by atoms with Crippen molar-refractivity contribution < 1.29 is 12.6 Å². The zero-order valence-corrected chi connectivity index (χ0v) is 8.34. The predicted octanol–water partition coefficient (Wildman–Crippen LogP) is 0.866. The predicted molar refractivity (Wildman–Crippen MR) is 48.6 cm³/mol. The van der Waals surface area contributed by atoms with Gasteiger partial charge in [-0.1, -0.05) is 6.07 Å². The van der Waals surface area contributed by atoms with Crippen molar-refractivity contribution >= 4 is 10.1 Å². The van der Waals surface area contributed by atoms with Gasteiger partial charge in [-0.2, -0.15) is 8.42 Å². The SMILES string of the molecule is Cc1ccc(COS(C)(=O)=O)nc1. The third-order valence-electron chi connectivity index (χ3n) is 1.39. The van der Waals surface area contributed by atoms with Gasteiger partial charge < -0.3 is 0 Å². The first-order valence-corrected chi connectivity index (χ1v) is 5.55. The Hall–Kier alpha value is -0.940. The van der Waals surface area contributed by atoms with E-state index < -0.39 is 10.1 Å². The quantitative estimate of drug-likeness (QED) is 0.681. The smallest absolute Gasteiger partial charge is 0.264 e. The molecule has 1 heterocycles. The van der Waals surface area contributed by atoms with Crippen molar-refractivity contribution in [3.8, 4) is 0 Å². The van der Waals surface area contributed by atoms with Crippen LogP contribution in [0.15, 0.2) is 18.3 Å². The number of aryl methyl sites for hydroxylation is 1. The molecule has 0 aliphatic carbocycles. The van der Waals surface area contributed by atoms with Crippen molar-refractivity contribution in [1.82, 2.24) is 4.98 Å². The fourth-order valence-electron chi connectivity index (χ4n) is 0.751. The maximum absolute atomic E-state index is 10.6. The number of hydrogen-bond donors (Lipinski definition) is 0. The first-order valence-electron chi connectivity index (χ1n) is 3.73. The molecule has 13 heavy (non-hydrogen) atoms. The molecule has 0 aliphatic heterocycles. The molecule has 0 unspecified atom stereocenters. The van der Waals surface area contributed by atoms with Crippen LogP contribution in [0.3, 0.4) is 0 Å². The van der Waals surface area contributed by atoms with Gasteiger partial charge in [0, 0.05) is 6.20 Å². The van der Waals surface area contributed by atoms with Crippen molar-refractivity contribution in [2.75, 3.05) is 6.26 Å². The summed E-state index contributed by atoms with van der Waals surface area (Å²) in [5.41, 5.74) is 1.64. The van der Waals surface area contributed by atoms with Crippen LogP contribution < -0.4 is 0 Å². The third kappa shape index (κ3) is 4.00. The zero-order valence-electron chi connectivity index (χ0n) is 7.52. The fourth-order valence-corrected chi connectivity index (χ4v) is 1.09. The van der Waals surface area contributed by atoms with Crippen LogP contribution in [0.25, 0.3) is 0 Å². The van der Waals surface area contributed by atoms with Crippen molar-refractivity contribution in [3.63, 3.8) is 0 Å². The highest BCUT2D eigenvalue weighted by Crippen LogP contribution is 2.01. The molecule has 0 saturated carbocycles. The minimum Gasteiger partial charge on any atom is -0.264 e. The second-order valence-corrected chi connectivity index (χ2v) is 4.44. The highest BCUT2D eigenvalue weighted by Gasteiger charge is 2.02. The van der Waals surface area contributed by atoms with Crippen LogP contribution >= 0.6 is 0 Å². The lowest BCUT2D eigenvalue weighted by Gasteiger charge is -2.00. The Morgan fingerprint density at radius 2 is 2.15 bits per heavy atom. The van der Waals surface area contributed by atoms with Gasteiger partial charge in [0.05, 0.1) is 11.9 Å². The van der Waals surface area contributed by atoms with E-state index in [1.165, 1.54) is 0 Å². The number of nitrogens with zero attached hydrogens (tertiary/aromatic N) is 1. The topological polar surface area (TPSA) is 56.3 Å². The largest absolute Gasteiger partial charge is 0.264 e. The van der Waals surface area contributed by atoms with E-state index in [0.29, 0.717) is 5.69 Å². The van der Waals surface area contributed by atoms with E-state index in [4.69, 9.17) is 0 Å².